The van der Waals surface area contributed by atoms with Crippen molar-refractivity contribution < 1.29 is 9.26 Å². The Kier molecular flexibility index (Phi) is 6.00. The summed E-state index contributed by atoms with van der Waals surface area (Å²) in [5.41, 5.74) is 0.961. The molecular formula is C17H22N6O2S. The van der Waals surface area contributed by atoms with Gasteiger partial charge in [-0.15, -0.1) is 10.2 Å². The highest BCUT2D eigenvalue weighted by atomic mass is 32.2. The summed E-state index contributed by atoms with van der Waals surface area (Å²) >= 11 is 1.54. The minimum absolute atomic E-state index is 0.0363. The van der Waals surface area contributed by atoms with E-state index in [9.17, 15) is 0 Å². The van der Waals surface area contributed by atoms with Gasteiger partial charge in [0, 0.05) is 31.0 Å². The van der Waals surface area contributed by atoms with Gasteiger partial charge in [-0.3, -0.25) is 9.55 Å². The summed E-state index contributed by atoms with van der Waals surface area (Å²) < 4.78 is 12.7. The summed E-state index contributed by atoms with van der Waals surface area (Å²) in [4.78, 5) is 8.53. The van der Waals surface area contributed by atoms with Crippen LogP contribution in [0.15, 0.2) is 34.2 Å². The van der Waals surface area contributed by atoms with Gasteiger partial charge in [0.05, 0.1) is 18.4 Å². The van der Waals surface area contributed by atoms with Crippen molar-refractivity contribution in [3.8, 4) is 11.4 Å². The van der Waals surface area contributed by atoms with Crippen LogP contribution in [0.1, 0.15) is 43.7 Å². The number of pyridine rings is 1. The van der Waals surface area contributed by atoms with E-state index in [-0.39, 0.29) is 11.2 Å². The van der Waals surface area contributed by atoms with Gasteiger partial charge in [-0.1, -0.05) is 30.8 Å². The Bertz CT molecular complexity index is 833. The smallest absolute Gasteiger partial charge is 0.239 e. The van der Waals surface area contributed by atoms with Crippen molar-refractivity contribution in [1.29, 1.82) is 0 Å². The topological polar surface area (TPSA) is 91.8 Å². The highest BCUT2D eigenvalue weighted by molar-refractivity contribution is 7.99. The summed E-state index contributed by atoms with van der Waals surface area (Å²) in [6.07, 6.45) is 3.48. The predicted molar refractivity (Wildman–Crippen MR) is 97.8 cm³/mol. The largest absolute Gasteiger partial charge is 0.383 e. The molecule has 3 aromatic heterocycles. The molecule has 3 heterocycles. The second-order valence-corrected chi connectivity index (χ2v) is 7.40. The molecule has 0 amide bonds. The van der Waals surface area contributed by atoms with E-state index in [1.807, 2.05) is 37.5 Å². The van der Waals surface area contributed by atoms with Crippen LogP contribution >= 0.6 is 11.8 Å². The SMILES string of the molecule is COCCn1c(SC(C)c2nc(C(C)C)no2)nnc1-c1ccncc1. The maximum Gasteiger partial charge on any atom is 0.239 e. The lowest BCUT2D eigenvalue weighted by atomic mass is 10.2. The molecule has 0 aliphatic carbocycles. The number of aromatic nitrogens is 6. The predicted octanol–water partition coefficient (Wildman–Crippen LogP) is 3.35. The highest BCUT2D eigenvalue weighted by Crippen LogP contribution is 2.35. The van der Waals surface area contributed by atoms with E-state index >= 15 is 0 Å². The van der Waals surface area contributed by atoms with Gasteiger partial charge < -0.3 is 9.26 Å². The van der Waals surface area contributed by atoms with Crippen LogP contribution in [0.3, 0.4) is 0 Å². The van der Waals surface area contributed by atoms with Crippen LogP contribution in [0.2, 0.25) is 0 Å². The Labute approximate surface area is 156 Å². The summed E-state index contributed by atoms with van der Waals surface area (Å²) in [6.45, 7) is 7.31. The molecule has 0 bridgehead atoms. The Balaban J connectivity index is 1.85. The molecule has 3 rings (SSSR count). The summed E-state index contributed by atoms with van der Waals surface area (Å²) in [7, 11) is 1.68. The minimum Gasteiger partial charge on any atom is -0.383 e. The molecule has 0 aliphatic rings. The molecule has 0 aromatic carbocycles. The van der Waals surface area contributed by atoms with Crippen LogP contribution in [0.5, 0.6) is 0 Å². The van der Waals surface area contributed by atoms with Crippen LogP contribution in [-0.4, -0.2) is 43.6 Å². The number of ether oxygens (including phenoxy) is 1. The first-order chi connectivity index (χ1) is 12.6. The van der Waals surface area contributed by atoms with Crippen molar-refractivity contribution in [3.63, 3.8) is 0 Å². The van der Waals surface area contributed by atoms with E-state index in [4.69, 9.17) is 9.26 Å². The molecule has 0 saturated heterocycles. The van der Waals surface area contributed by atoms with Gasteiger partial charge in [-0.05, 0) is 19.1 Å². The Morgan fingerprint density at radius 2 is 1.96 bits per heavy atom. The Hall–Kier alpha value is -2.26. The third-order valence-electron chi connectivity index (χ3n) is 3.78. The van der Waals surface area contributed by atoms with Crippen molar-refractivity contribution in [2.75, 3.05) is 13.7 Å². The third kappa shape index (κ3) is 4.10. The number of hydrogen-bond donors (Lipinski definition) is 0. The molecular weight excluding hydrogens is 352 g/mol. The molecule has 26 heavy (non-hydrogen) atoms. The molecule has 1 unspecified atom stereocenters. The number of hydrogen-bond acceptors (Lipinski definition) is 8. The molecule has 0 fully saturated rings. The zero-order valence-corrected chi connectivity index (χ0v) is 16.1. The summed E-state index contributed by atoms with van der Waals surface area (Å²) in [5.74, 6) is 2.32. The fourth-order valence-corrected chi connectivity index (χ4v) is 3.24. The zero-order valence-electron chi connectivity index (χ0n) is 15.3. The molecule has 1 atom stereocenters. The molecule has 0 aliphatic heterocycles. The first-order valence-electron chi connectivity index (χ1n) is 8.42. The lowest BCUT2D eigenvalue weighted by molar-refractivity contribution is 0.185. The fourth-order valence-electron chi connectivity index (χ4n) is 2.33. The lowest BCUT2D eigenvalue weighted by Crippen LogP contribution is -2.08. The van der Waals surface area contributed by atoms with E-state index in [1.54, 1.807) is 19.5 Å². The van der Waals surface area contributed by atoms with Crippen molar-refractivity contribution in [1.82, 2.24) is 29.9 Å². The minimum atomic E-state index is -0.0363. The van der Waals surface area contributed by atoms with Crippen LogP contribution in [-0.2, 0) is 11.3 Å². The summed E-state index contributed by atoms with van der Waals surface area (Å²) in [6, 6.07) is 3.83. The Morgan fingerprint density at radius 1 is 1.19 bits per heavy atom. The number of thioether (sulfide) groups is 1. The average molecular weight is 374 g/mol. The van der Waals surface area contributed by atoms with Gasteiger partial charge in [0.15, 0.2) is 16.8 Å². The second-order valence-electron chi connectivity index (χ2n) is 6.09. The molecule has 3 aromatic rings. The number of methoxy groups -OCH3 is 1. The van der Waals surface area contributed by atoms with Crippen molar-refractivity contribution >= 4 is 11.8 Å². The quantitative estimate of drug-likeness (QED) is 0.554. The third-order valence-corrected chi connectivity index (χ3v) is 4.85. The van der Waals surface area contributed by atoms with Crippen molar-refractivity contribution in [2.45, 2.75) is 43.6 Å². The maximum absolute atomic E-state index is 5.40. The number of rotatable bonds is 8. The molecule has 0 saturated carbocycles. The van der Waals surface area contributed by atoms with Crippen LogP contribution < -0.4 is 0 Å². The fraction of sp³-hybridized carbons (Fsp3) is 0.471. The van der Waals surface area contributed by atoms with Gasteiger partial charge in [-0.25, -0.2) is 0 Å². The zero-order chi connectivity index (χ0) is 18.5. The highest BCUT2D eigenvalue weighted by Gasteiger charge is 2.21. The molecule has 138 valence electrons. The van der Waals surface area contributed by atoms with Crippen molar-refractivity contribution in [2.24, 2.45) is 0 Å². The van der Waals surface area contributed by atoms with Crippen LogP contribution in [0.25, 0.3) is 11.4 Å². The van der Waals surface area contributed by atoms with E-state index in [0.717, 1.165) is 16.5 Å². The van der Waals surface area contributed by atoms with E-state index < -0.39 is 0 Å². The molecule has 9 heteroatoms. The first kappa shape index (κ1) is 18.5. The standard InChI is InChI=1S/C17H22N6O2S/c1-11(2)14-19-16(25-22-14)12(3)26-17-21-20-15(23(17)9-10-24-4)13-5-7-18-8-6-13/h5-8,11-12H,9-10H2,1-4H3. The van der Waals surface area contributed by atoms with Crippen LogP contribution in [0, 0.1) is 0 Å². The molecule has 0 N–H and O–H groups in total. The first-order valence-corrected chi connectivity index (χ1v) is 9.30. The monoisotopic (exact) mass is 374 g/mol. The Morgan fingerprint density at radius 3 is 2.62 bits per heavy atom. The summed E-state index contributed by atoms with van der Waals surface area (Å²) in [5, 5.41) is 13.5. The normalized spacial score (nSPS) is 12.7. The lowest BCUT2D eigenvalue weighted by Gasteiger charge is -2.11. The average Bonchev–Trinajstić information content (AvgIpc) is 3.28. The van der Waals surface area contributed by atoms with E-state index in [1.165, 1.54) is 11.8 Å². The van der Waals surface area contributed by atoms with Gasteiger partial charge in [0.2, 0.25) is 5.89 Å². The second kappa shape index (κ2) is 8.41. The molecule has 0 spiro atoms. The van der Waals surface area contributed by atoms with E-state index in [0.29, 0.717) is 24.9 Å². The molecule has 0 radical (unpaired) electrons. The van der Waals surface area contributed by atoms with Gasteiger partial charge in [-0.2, -0.15) is 4.98 Å². The van der Waals surface area contributed by atoms with Gasteiger partial charge >= 0.3 is 0 Å². The number of nitrogens with zero attached hydrogens (tertiary/aromatic N) is 6. The maximum atomic E-state index is 5.40. The van der Waals surface area contributed by atoms with Gasteiger partial charge in [0.1, 0.15) is 0 Å². The van der Waals surface area contributed by atoms with Crippen LogP contribution in [0.4, 0.5) is 0 Å². The van der Waals surface area contributed by atoms with E-state index in [2.05, 4.69) is 25.3 Å². The van der Waals surface area contributed by atoms with Gasteiger partial charge in [0.25, 0.3) is 0 Å². The molecule has 8 nitrogen and oxygen atoms in total. The van der Waals surface area contributed by atoms with Crippen molar-refractivity contribution in [3.05, 3.63) is 36.2 Å².